The van der Waals surface area contributed by atoms with E-state index in [4.69, 9.17) is 0 Å². The molecule has 0 aliphatic carbocycles. The Morgan fingerprint density at radius 3 is 1.20 bits per heavy atom. The van der Waals surface area contributed by atoms with Crippen molar-refractivity contribution in [2.24, 2.45) is 0 Å². The number of anilines is 2. The van der Waals surface area contributed by atoms with Crippen molar-refractivity contribution in [3.63, 3.8) is 0 Å². The fraction of sp³-hybridized carbons (Fsp3) is 0.214. The van der Waals surface area contributed by atoms with Crippen LogP contribution in [0.1, 0.15) is 36.1 Å². The fourth-order valence-electron chi connectivity index (χ4n) is 3.73. The predicted octanol–water partition coefficient (Wildman–Crippen LogP) is 6.72. The molecule has 154 valence electrons. The fourth-order valence-corrected chi connectivity index (χ4v) is 3.73. The first kappa shape index (κ1) is 21.4. The van der Waals surface area contributed by atoms with E-state index in [1.807, 2.05) is 0 Å². The number of rotatable bonds is 6. The van der Waals surface area contributed by atoms with Crippen LogP contribution >= 0.6 is 0 Å². The first-order valence-corrected chi connectivity index (χ1v) is 10.4. The molecule has 0 fully saturated rings. The topological polar surface area (TPSA) is 6.48 Å². The Morgan fingerprint density at radius 2 is 0.900 bits per heavy atom. The second kappa shape index (κ2) is 9.49. The highest BCUT2D eigenvalue weighted by Gasteiger charge is 2.09. The van der Waals surface area contributed by atoms with Gasteiger partial charge in [0.15, 0.2) is 0 Å². The molecule has 3 rings (SSSR count). The van der Waals surface area contributed by atoms with E-state index >= 15 is 0 Å². The molecule has 3 aromatic carbocycles. The van der Waals surface area contributed by atoms with Gasteiger partial charge >= 0.3 is 0 Å². The standard InChI is InChI=1S/C28H32N2/c1-7-27(21-12-16-25(17-13-21)29(3)4)23-10-9-11-24(20-23)28(8-2)22-14-18-26(19-15-22)30(5)6/h7-20H,1-6H3/b27-7-,28-8+. The molecule has 0 atom stereocenters. The first-order valence-electron chi connectivity index (χ1n) is 10.4. The minimum absolute atomic E-state index is 1.21. The van der Waals surface area contributed by atoms with Crippen LogP contribution in [-0.2, 0) is 0 Å². The Balaban J connectivity index is 1.95. The van der Waals surface area contributed by atoms with Gasteiger partial charge in [0.25, 0.3) is 0 Å². The van der Waals surface area contributed by atoms with Crippen LogP contribution in [0.15, 0.2) is 84.9 Å². The Hall–Kier alpha value is -3.26. The van der Waals surface area contributed by atoms with E-state index in [1.54, 1.807) is 0 Å². The average Bonchev–Trinajstić information content (AvgIpc) is 2.76. The lowest BCUT2D eigenvalue weighted by Gasteiger charge is -2.16. The molecule has 0 aromatic heterocycles. The molecule has 0 radical (unpaired) electrons. The molecule has 0 saturated heterocycles. The van der Waals surface area contributed by atoms with Gasteiger partial charge in [0.2, 0.25) is 0 Å². The van der Waals surface area contributed by atoms with Crippen LogP contribution in [0.2, 0.25) is 0 Å². The zero-order valence-electron chi connectivity index (χ0n) is 19.0. The summed E-state index contributed by atoms with van der Waals surface area (Å²) in [4.78, 5) is 4.25. The molecular weight excluding hydrogens is 364 g/mol. The van der Waals surface area contributed by atoms with Crippen molar-refractivity contribution in [3.05, 3.63) is 107 Å². The zero-order chi connectivity index (χ0) is 21.7. The van der Waals surface area contributed by atoms with Gasteiger partial charge in [0.05, 0.1) is 0 Å². The highest BCUT2D eigenvalue weighted by molar-refractivity contribution is 5.85. The maximum Gasteiger partial charge on any atom is 0.0361 e. The molecule has 0 amide bonds. The van der Waals surface area contributed by atoms with Gasteiger partial charge in [-0.2, -0.15) is 0 Å². The number of nitrogens with zero attached hydrogens (tertiary/aromatic N) is 2. The molecule has 0 aliphatic heterocycles. The third kappa shape index (κ3) is 4.65. The zero-order valence-corrected chi connectivity index (χ0v) is 19.0. The highest BCUT2D eigenvalue weighted by Crippen LogP contribution is 2.30. The molecule has 0 bridgehead atoms. The normalized spacial score (nSPS) is 12.1. The highest BCUT2D eigenvalue weighted by atomic mass is 15.1. The third-order valence-electron chi connectivity index (χ3n) is 5.45. The van der Waals surface area contributed by atoms with Crippen molar-refractivity contribution in [3.8, 4) is 0 Å². The van der Waals surface area contributed by atoms with Gasteiger partial charge in [-0.3, -0.25) is 0 Å². The average molecular weight is 397 g/mol. The van der Waals surface area contributed by atoms with E-state index in [2.05, 4.69) is 137 Å². The Kier molecular flexibility index (Phi) is 6.79. The lowest BCUT2D eigenvalue weighted by molar-refractivity contribution is 1.13. The number of hydrogen-bond acceptors (Lipinski definition) is 2. The van der Waals surface area contributed by atoms with Crippen LogP contribution in [-0.4, -0.2) is 28.2 Å². The molecule has 0 N–H and O–H groups in total. The van der Waals surface area contributed by atoms with Crippen molar-refractivity contribution >= 4 is 22.5 Å². The molecule has 3 aromatic rings. The first-order chi connectivity index (χ1) is 14.4. The molecule has 0 heterocycles. The van der Waals surface area contributed by atoms with Gasteiger partial charge in [-0.15, -0.1) is 0 Å². The smallest absolute Gasteiger partial charge is 0.0361 e. The second-order valence-electron chi connectivity index (χ2n) is 7.87. The van der Waals surface area contributed by atoms with Crippen molar-refractivity contribution in [2.75, 3.05) is 38.0 Å². The lowest BCUT2D eigenvalue weighted by atomic mass is 9.92. The van der Waals surface area contributed by atoms with Crippen LogP contribution < -0.4 is 9.80 Å². The van der Waals surface area contributed by atoms with Crippen molar-refractivity contribution in [1.29, 1.82) is 0 Å². The Bertz CT molecular complexity index is 954. The van der Waals surface area contributed by atoms with Gasteiger partial charge in [0.1, 0.15) is 0 Å². The predicted molar refractivity (Wildman–Crippen MR) is 133 cm³/mol. The van der Waals surface area contributed by atoms with E-state index in [-0.39, 0.29) is 0 Å². The minimum atomic E-state index is 1.21. The summed E-state index contributed by atoms with van der Waals surface area (Å²) in [7, 11) is 8.27. The maximum atomic E-state index is 2.30. The van der Waals surface area contributed by atoms with E-state index in [0.29, 0.717) is 0 Å². The van der Waals surface area contributed by atoms with Crippen molar-refractivity contribution < 1.29 is 0 Å². The molecule has 2 heteroatoms. The molecule has 0 unspecified atom stereocenters. The van der Waals surface area contributed by atoms with Crippen LogP contribution in [0, 0.1) is 0 Å². The lowest BCUT2D eigenvalue weighted by Crippen LogP contribution is -2.08. The van der Waals surface area contributed by atoms with Gasteiger partial charge in [-0.1, -0.05) is 54.6 Å². The third-order valence-corrected chi connectivity index (χ3v) is 5.45. The Labute approximate surface area is 181 Å². The summed E-state index contributed by atoms with van der Waals surface area (Å²) in [6, 6.07) is 26.3. The maximum absolute atomic E-state index is 2.30. The van der Waals surface area contributed by atoms with Gasteiger partial charge in [0, 0.05) is 39.6 Å². The van der Waals surface area contributed by atoms with E-state index in [1.165, 1.54) is 44.8 Å². The molecule has 0 aliphatic rings. The van der Waals surface area contributed by atoms with Crippen molar-refractivity contribution in [2.45, 2.75) is 13.8 Å². The van der Waals surface area contributed by atoms with Crippen LogP contribution in [0.5, 0.6) is 0 Å². The number of hydrogen-bond donors (Lipinski definition) is 0. The van der Waals surface area contributed by atoms with Crippen LogP contribution in [0.25, 0.3) is 11.1 Å². The summed E-state index contributed by atoms with van der Waals surface area (Å²) in [5, 5.41) is 0. The van der Waals surface area contributed by atoms with Gasteiger partial charge in [-0.25, -0.2) is 0 Å². The molecule has 2 nitrogen and oxygen atoms in total. The summed E-state index contributed by atoms with van der Waals surface area (Å²) in [5.74, 6) is 0. The SMILES string of the molecule is C/C=C(/c1ccc(N(C)C)cc1)c1cccc(/C(=C/C)c2ccc(N(C)C)cc2)c1. The number of benzene rings is 3. The summed E-state index contributed by atoms with van der Waals surface area (Å²) in [6.45, 7) is 4.22. The second-order valence-corrected chi connectivity index (χ2v) is 7.87. The summed E-state index contributed by atoms with van der Waals surface area (Å²) >= 11 is 0. The van der Waals surface area contributed by atoms with Crippen LogP contribution in [0.3, 0.4) is 0 Å². The minimum Gasteiger partial charge on any atom is -0.378 e. The van der Waals surface area contributed by atoms with E-state index < -0.39 is 0 Å². The quantitative estimate of drug-likeness (QED) is 0.456. The van der Waals surface area contributed by atoms with E-state index in [0.717, 1.165) is 0 Å². The summed E-state index contributed by atoms with van der Waals surface area (Å²) in [6.07, 6.45) is 4.40. The molecular formula is C28H32N2. The van der Waals surface area contributed by atoms with Gasteiger partial charge in [-0.05, 0) is 77.6 Å². The van der Waals surface area contributed by atoms with Crippen molar-refractivity contribution in [1.82, 2.24) is 0 Å². The Morgan fingerprint density at radius 1 is 0.533 bits per heavy atom. The molecule has 0 spiro atoms. The largest absolute Gasteiger partial charge is 0.378 e. The van der Waals surface area contributed by atoms with E-state index in [9.17, 15) is 0 Å². The monoisotopic (exact) mass is 396 g/mol. The molecule has 0 saturated carbocycles. The molecule has 30 heavy (non-hydrogen) atoms. The van der Waals surface area contributed by atoms with Crippen LogP contribution in [0.4, 0.5) is 11.4 Å². The summed E-state index contributed by atoms with van der Waals surface area (Å²) < 4.78 is 0. The summed E-state index contributed by atoms with van der Waals surface area (Å²) in [5.41, 5.74) is 9.85. The number of allylic oxidation sites excluding steroid dienone is 2. The van der Waals surface area contributed by atoms with Gasteiger partial charge < -0.3 is 9.80 Å².